The van der Waals surface area contributed by atoms with Crippen molar-refractivity contribution >= 4 is 29.7 Å². The lowest BCUT2D eigenvalue weighted by molar-refractivity contribution is -0.112. The van der Waals surface area contributed by atoms with Crippen LogP contribution in [0.2, 0.25) is 0 Å². The lowest BCUT2D eigenvalue weighted by atomic mass is 9.99. The molecule has 1 aromatic rings. The Morgan fingerprint density at radius 1 is 1.25 bits per heavy atom. The normalized spacial score (nSPS) is 23.0. The first kappa shape index (κ1) is 24.5. The van der Waals surface area contributed by atoms with Crippen LogP contribution in [-0.2, 0) is 16.0 Å². The summed E-state index contributed by atoms with van der Waals surface area (Å²) in [6.45, 7) is 10.8. The minimum absolute atomic E-state index is 0.180. The topological polar surface area (TPSA) is 102 Å². The maximum absolute atomic E-state index is 13.3. The van der Waals surface area contributed by atoms with Gasteiger partial charge in [-0.05, 0) is 44.7 Å². The lowest BCUT2D eigenvalue weighted by Gasteiger charge is -2.39. The predicted molar refractivity (Wildman–Crippen MR) is 142 cm³/mol. The smallest absolute Gasteiger partial charge is 0.261 e. The average molecular weight is 493 g/mol. The number of nitrogens with one attached hydrogen (secondary N) is 3. The molecular formula is C27H36N6O3. The van der Waals surface area contributed by atoms with E-state index in [9.17, 15) is 4.79 Å². The Morgan fingerprint density at radius 2 is 2.03 bits per heavy atom. The molecule has 2 saturated heterocycles. The molecule has 0 radical (unpaired) electrons. The largest absolute Gasteiger partial charge is 0.487 e. The third-order valence-electron chi connectivity index (χ3n) is 7.25. The molecule has 0 bridgehead atoms. The van der Waals surface area contributed by atoms with Crippen LogP contribution in [0.25, 0.3) is 0 Å². The van der Waals surface area contributed by atoms with Crippen LogP contribution < -0.4 is 20.3 Å². The van der Waals surface area contributed by atoms with E-state index in [-0.39, 0.29) is 17.1 Å². The van der Waals surface area contributed by atoms with Crippen LogP contribution >= 0.6 is 0 Å². The maximum Gasteiger partial charge on any atom is 0.261 e. The van der Waals surface area contributed by atoms with Gasteiger partial charge in [0.05, 0.1) is 16.9 Å². The molecule has 4 aliphatic rings. The van der Waals surface area contributed by atoms with Crippen molar-refractivity contribution in [3.63, 3.8) is 0 Å². The third kappa shape index (κ3) is 5.47. The van der Waals surface area contributed by atoms with E-state index in [1.807, 2.05) is 6.07 Å². The molecule has 5 rings (SSSR count). The standard InChI is InChI=1S/C27H36N6O3/c1-27(2)16-20-14-22(31-26(34)21(17-28)25-29-6-3-7-30-25)23(15-24(20)36-27)33-10-8-32(9-11-33)18-19-4-12-35-13-5-19/h3,6-7,14-15,17,19,28-29H,4-5,8-13,16,18H2,1-2H3,(H,31,34)/b25-21-,28-17?. The number of anilines is 2. The first-order valence-corrected chi connectivity index (χ1v) is 12.8. The number of hydrogen-bond donors (Lipinski definition) is 3. The summed E-state index contributed by atoms with van der Waals surface area (Å²) in [6.07, 6.45) is 9.15. The van der Waals surface area contributed by atoms with Gasteiger partial charge in [-0.1, -0.05) is 0 Å². The number of carbonyl (C=O) groups excluding carboxylic acids is 1. The molecule has 0 atom stereocenters. The third-order valence-corrected chi connectivity index (χ3v) is 7.25. The van der Waals surface area contributed by atoms with Crippen molar-refractivity contribution in [1.29, 1.82) is 5.41 Å². The summed E-state index contributed by atoms with van der Waals surface area (Å²) >= 11 is 0. The summed E-state index contributed by atoms with van der Waals surface area (Å²) < 4.78 is 11.7. The average Bonchev–Trinajstić information content (AvgIpc) is 3.18. The molecule has 0 aromatic heterocycles. The molecule has 2 fully saturated rings. The number of rotatable bonds is 6. The molecule has 0 saturated carbocycles. The maximum atomic E-state index is 13.3. The van der Waals surface area contributed by atoms with Crippen LogP contribution in [0, 0.1) is 11.3 Å². The summed E-state index contributed by atoms with van der Waals surface area (Å²) in [5.74, 6) is 1.59. The van der Waals surface area contributed by atoms with Gasteiger partial charge in [0, 0.05) is 82.6 Å². The number of hydrogen-bond acceptors (Lipinski definition) is 8. The van der Waals surface area contributed by atoms with Crippen molar-refractivity contribution in [2.75, 3.05) is 56.2 Å². The van der Waals surface area contributed by atoms with Crippen molar-refractivity contribution in [2.45, 2.75) is 38.7 Å². The molecule has 36 heavy (non-hydrogen) atoms. The van der Waals surface area contributed by atoms with Crippen molar-refractivity contribution in [1.82, 2.24) is 10.2 Å². The highest BCUT2D eigenvalue weighted by atomic mass is 16.5. The molecule has 0 spiro atoms. The lowest BCUT2D eigenvalue weighted by Crippen LogP contribution is -2.48. The fraction of sp³-hybridized carbons (Fsp3) is 0.519. The highest BCUT2D eigenvalue weighted by Crippen LogP contribution is 2.42. The van der Waals surface area contributed by atoms with Gasteiger partial charge in [0.2, 0.25) is 0 Å². The van der Waals surface area contributed by atoms with E-state index in [0.29, 0.717) is 11.7 Å². The molecule has 9 heteroatoms. The van der Waals surface area contributed by atoms with Crippen LogP contribution in [0.4, 0.5) is 11.4 Å². The molecule has 9 nitrogen and oxygen atoms in total. The SMILES string of the molecule is CC1(C)Cc2cc(NC(=O)/C(C=N)=C3\N=CC=CN3)c(N3CCN(CC4CCOCC4)CC3)cc2O1. The van der Waals surface area contributed by atoms with Gasteiger partial charge in [0.1, 0.15) is 17.2 Å². The van der Waals surface area contributed by atoms with E-state index in [1.165, 1.54) is 0 Å². The molecule has 3 N–H and O–H groups in total. The summed E-state index contributed by atoms with van der Waals surface area (Å²) in [5, 5.41) is 13.8. The van der Waals surface area contributed by atoms with Crippen molar-refractivity contribution in [3.8, 4) is 5.75 Å². The molecule has 0 unspecified atom stereocenters. The second kappa shape index (κ2) is 10.4. The van der Waals surface area contributed by atoms with Gasteiger partial charge in [0.25, 0.3) is 5.91 Å². The number of amides is 1. The Hall–Kier alpha value is -3.17. The fourth-order valence-electron chi connectivity index (χ4n) is 5.37. The first-order chi connectivity index (χ1) is 17.4. The van der Waals surface area contributed by atoms with Gasteiger partial charge in [-0.2, -0.15) is 0 Å². The molecular weight excluding hydrogens is 456 g/mol. The molecule has 1 amide bonds. The number of carbonyl (C=O) groups is 1. The molecule has 4 heterocycles. The van der Waals surface area contributed by atoms with Gasteiger partial charge in [0.15, 0.2) is 0 Å². The molecule has 4 aliphatic heterocycles. The van der Waals surface area contributed by atoms with Gasteiger partial charge in [-0.3, -0.25) is 9.69 Å². The predicted octanol–water partition coefficient (Wildman–Crippen LogP) is 2.94. The Morgan fingerprint density at radius 3 is 2.72 bits per heavy atom. The zero-order valence-electron chi connectivity index (χ0n) is 21.2. The minimum atomic E-state index is -0.363. The Kier molecular flexibility index (Phi) is 7.11. The summed E-state index contributed by atoms with van der Waals surface area (Å²) in [7, 11) is 0. The quantitative estimate of drug-likeness (QED) is 0.417. The fourth-order valence-corrected chi connectivity index (χ4v) is 5.37. The number of fused-ring (bicyclic) bond motifs is 1. The van der Waals surface area contributed by atoms with Crippen LogP contribution in [-0.4, -0.2) is 74.8 Å². The van der Waals surface area contributed by atoms with Gasteiger partial charge in [-0.15, -0.1) is 0 Å². The molecule has 192 valence electrons. The zero-order valence-corrected chi connectivity index (χ0v) is 21.2. The monoisotopic (exact) mass is 492 g/mol. The highest BCUT2D eigenvalue weighted by molar-refractivity contribution is 6.18. The van der Waals surface area contributed by atoms with E-state index in [4.69, 9.17) is 14.9 Å². The Labute approximate surface area is 212 Å². The van der Waals surface area contributed by atoms with Gasteiger partial charge in [-0.25, -0.2) is 4.99 Å². The second-order valence-corrected chi connectivity index (χ2v) is 10.5. The number of nitrogens with zero attached hydrogens (tertiary/aromatic N) is 3. The van der Waals surface area contributed by atoms with Gasteiger partial charge >= 0.3 is 0 Å². The van der Waals surface area contributed by atoms with Crippen LogP contribution in [0.5, 0.6) is 5.75 Å². The molecule has 0 aliphatic carbocycles. The number of aliphatic imine (C=N–C) groups is 1. The van der Waals surface area contributed by atoms with E-state index in [2.05, 4.69) is 45.3 Å². The Balaban J connectivity index is 1.35. The number of benzene rings is 1. The van der Waals surface area contributed by atoms with Crippen LogP contribution in [0.15, 0.2) is 40.8 Å². The number of allylic oxidation sites excluding steroid dienone is 1. The summed E-state index contributed by atoms with van der Waals surface area (Å²) in [4.78, 5) is 22.3. The van der Waals surface area contributed by atoms with Crippen LogP contribution in [0.1, 0.15) is 32.3 Å². The van der Waals surface area contributed by atoms with E-state index < -0.39 is 0 Å². The second-order valence-electron chi connectivity index (χ2n) is 10.5. The van der Waals surface area contributed by atoms with E-state index >= 15 is 0 Å². The van der Waals surface area contributed by atoms with E-state index in [1.54, 1.807) is 18.5 Å². The Bertz CT molecular complexity index is 1090. The minimum Gasteiger partial charge on any atom is -0.487 e. The van der Waals surface area contributed by atoms with Crippen molar-refractivity contribution in [2.24, 2.45) is 10.9 Å². The zero-order chi connectivity index (χ0) is 25.1. The number of ether oxygens (including phenoxy) is 2. The van der Waals surface area contributed by atoms with Crippen molar-refractivity contribution < 1.29 is 14.3 Å². The van der Waals surface area contributed by atoms with Crippen molar-refractivity contribution in [3.05, 3.63) is 41.4 Å². The highest BCUT2D eigenvalue weighted by Gasteiger charge is 2.33. The summed E-state index contributed by atoms with van der Waals surface area (Å²) in [5.41, 5.74) is 2.69. The molecule has 1 aromatic carbocycles. The first-order valence-electron chi connectivity index (χ1n) is 12.8. The van der Waals surface area contributed by atoms with Gasteiger partial charge < -0.3 is 30.4 Å². The summed E-state index contributed by atoms with van der Waals surface area (Å²) in [6, 6.07) is 4.11. The number of piperazine rings is 1. The van der Waals surface area contributed by atoms with E-state index in [0.717, 1.165) is 94.1 Å². The van der Waals surface area contributed by atoms with Crippen LogP contribution in [0.3, 0.4) is 0 Å².